The Kier molecular flexibility index (Phi) is 3.87. The van der Waals surface area contributed by atoms with Crippen molar-refractivity contribution in [2.75, 3.05) is 0 Å². The monoisotopic (exact) mass is 307 g/mol. The standard InChI is InChI=1S/C17H25NO2S/c1-11-4-7-16(8-12(11)2)21(19,20)18-13(3)17-10-14-5-6-15(17)9-14/h4,7-8,13-15,17-18H,5-6,9-10H2,1-3H3. The van der Waals surface area contributed by atoms with Crippen molar-refractivity contribution in [3.8, 4) is 0 Å². The van der Waals surface area contributed by atoms with E-state index in [1.165, 1.54) is 25.7 Å². The molecule has 2 bridgehead atoms. The van der Waals surface area contributed by atoms with Gasteiger partial charge in [0, 0.05) is 6.04 Å². The van der Waals surface area contributed by atoms with Crippen LogP contribution in [0.25, 0.3) is 0 Å². The summed E-state index contributed by atoms with van der Waals surface area (Å²) >= 11 is 0. The molecule has 4 heteroatoms. The van der Waals surface area contributed by atoms with E-state index in [1.807, 2.05) is 26.8 Å². The van der Waals surface area contributed by atoms with Gasteiger partial charge in [0.1, 0.15) is 0 Å². The first-order valence-corrected chi connectivity index (χ1v) is 9.44. The maximum absolute atomic E-state index is 12.6. The van der Waals surface area contributed by atoms with Gasteiger partial charge in [0.05, 0.1) is 4.90 Å². The lowest BCUT2D eigenvalue weighted by Gasteiger charge is -2.28. The van der Waals surface area contributed by atoms with E-state index in [2.05, 4.69) is 4.72 Å². The fourth-order valence-corrected chi connectivity index (χ4v) is 5.57. The van der Waals surface area contributed by atoms with Crippen molar-refractivity contribution in [3.05, 3.63) is 29.3 Å². The molecule has 4 atom stereocenters. The second-order valence-corrected chi connectivity index (χ2v) is 8.71. The molecular formula is C17H25NO2S. The van der Waals surface area contributed by atoms with Gasteiger partial charge in [-0.2, -0.15) is 0 Å². The molecule has 2 fully saturated rings. The molecule has 1 aromatic carbocycles. The second kappa shape index (κ2) is 5.40. The summed E-state index contributed by atoms with van der Waals surface area (Å²) < 4.78 is 28.0. The summed E-state index contributed by atoms with van der Waals surface area (Å²) in [4.78, 5) is 0.389. The second-order valence-electron chi connectivity index (χ2n) is 6.99. The first kappa shape index (κ1) is 15.0. The molecule has 2 aliphatic rings. The number of benzene rings is 1. The average molecular weight is 307 g/mol. The maximum atomic E-state index is 12.6. The predicted octanol–water partition coefficient (Wildman–Crippen LogP) is 3.41. The van der Waals surface area contributed by atoms with Crippen LogP contribution in [0.2, 0.25) is 0 Å². The predicted molar refractivity (Wildman–Crippen MR) is 84.6 cm³/mol. The van der Waals surface area contributed by atoms with Crippen LogP contribution in [0.3, 0.4) is 0 Å². The van der Waals surface area contributed by atoms with E-state index in [4.69, 9.17) is 0 Å². The summed E-state index contributed by atoms with van der Waals surface area (Å²) in [5.74, 6) is 2.09. The number of hydrogen-bond acceptors (Lipinski definition) is 2. The van der Waals surface area contributed by atoms with Crippen LogP contribution >= 0.6 is 0 Å². The summed E-state index contributed by atoms with van der Waals surface area (Å²) in [6.07, 6.45) is 5.13. The number of fused-ring (bicyclic) bond motifs is 2. The molecular weight excluding hydrogens is 282 g/mol. The van der Waals surface area contributed by atoms with Crippen LogP contribution < -0.4 is 4.72 Å². The van der Waals surface area contributed by atoms with Crippen LogP contribution in [0.15, 0.2) is 23.1 Å². The van der Waals surface area contributed by atoms with Crippen LogP contribution in [0.1, 0.15) is 43.7 Å². The molecule has 0 aromatic heterocycles. The quantitative estimate of drug-likeness (QED) is 0.926. The summed E-state index contributed by atoms with van der Waals surface area (Å²) in [5.41, 5.74) is 2.14. The Balaban J connectivity index is 1.75. The highest BCUT2D eigenvalue weighted by Crippen LogP contribution is 2.49. The molecule has 0 saturated heterocycles. The molecule has 0 heterocycles. The van der Waals surface area contributed by atoms with E-state index >= 15 is 0 Å². The Hall–Kier alpha value is -0.870. The van der Waals surface area contributed by atoms with Crippen molar-refractivity contribution in [1.29, 1.82) is 0 Å². The summed E-state index contributed by atoms with van der Waals surface area (Å²) in [6, 6.07) is 5.39. The highest BCUT2D eigenvalue weighted by molar-refractivity contribution is 7.89. The van der Waals surface area contributed by atoms with E-state index in [9.17, 15) is 8.42 Å². The average Bonchev–Trinajstić information content (AvgIpc) is 3.03. The minimum atomic E-state index is -3.40. The zero-order valence-electron chi connectivity index (χ0n) is 13.1. The Morgan fingerprint density at radius 1 is 1.14 bits per heavy atom. The van der Waals surface area contributed by atoms with Gasteiger partial charge >= 0.3 is 0 Å². The maximum Gasteiger partial charge on any atom is 0.240 e. The molecule has 0 amide bonds. The number of aryl methyl sites for hydroxylation is 2. The van der Waals surface area contributed by atoms with Crippen LogP contribution in [-0.2, 0) is 10.0 Å². The van der Waals surface area contributed by atoms with Gasteiger partial charge in [0.2, 0.25) is 10.0 Å². The normalized spacial score (nSPS) is 29.8. The molecule has 116 valence electrons. The minimum Gasteiger partial charge on any atom is -0.208 e. The molecule has 4 unspecified atom stereocenters. The highest BCUT2D eigenvalue weighted by atomic mass is 32.2. The topological polar surface area (TPSA) is 46.2 Å². The van der Waals surface area contributed by atoms with Crippen LogP contribution in [0.4, 0.5) is 0 Å². The molecule has 21 heavy (non-hydrogen) atoms. The van der Waals surface area contributed by atoms with Gasteiger partial charge in [0.25, 0.3) is 0 Å². The van der Waals surface area contributed by atoms with E-state index in [0.717, 1.165) is 23.0 Å². The molecule has 0 aliphatic heterocycles. The van der Waals surface area contributed by atoms with Gasteiger partial charge in [-0.25, -0.2) is 13.1 Å². The Labute approximate surface area is 128 Å². The molecule has 0 spiro atoms. The summed E-state index contributed by atoms with van der Waals surface area (Å²) in [7, 11) is -3.40. The van der Waals surface area contributed by atoms with E-state index in [1.54, 1.807) is 12.1 Å². The number of sulfonamides is 1. The molecule has 3 nitrogen and oxygen atoms in total. The number of nitrogens with one attached hydrogen (secondary N) is 1. The van der Waals surface area contributed by atoms with Crippen molar-refractivity contribution in [2.24, 2.45) is 17.8 Å². The highest BCUT2D eigenvalue weighted by Gasteiger charge is 2.42. The molecule has 2 aliphatic carbocycles. The molecule has 1 aromatic rings. The fraction of sp³-hybridized carbons (Fsp3) is 0.647. The van der Waals surface area contributed by atoms with Gasteiger partial charge in [0.15, 0.2) is 0 Å². The largest absolute Gasteiger partial charge is 0.240 e. The third-order valence-electron chi connectivity index (χ3n) is 5.56. The van der Waals surface area contributed by atoms with Gasteiger partial charge in [-0.05, 0) is 81.0 Å². The summed E-state index contributed by atoms with van der Waals surface area (Å²) in [6.45, 7) is 5.98. The van der Waals surface area contributed by atoms with E-state index in [-0.39, 0.29) is 6.04 Å². The van der Waals surface area contributed by atoms with Crippen LogP contribution in [0, 0.1) is 31.6 Å². The minimum absolute atomic E-state index is 0.0342. The van der Waals surface area contributed by atoms with Crippen molar-refractivity contribution in [3.63, 3.8) is 0 Å². The lowest BCUT2D eigenvalue weighted by molar-refractivity contribution is 0.280. The van der Waals surface area contributed by atoms with Crippen molar-refractivity contribution >= 4 is 10.0 Å². The molecule has 2 saturated carbocycles. The first-order valence-electron chi connectivity index (χ1n) is 7.96. The molecule has 0 radical (unpaired) electrons. The first-order chi connectivity index (χ1) is 9.87. The Bertz CT molecular complexity index is 638. The van der Waals surface area contributed by atoms with Crippen molar-refractivity contribution in [2.45, 2.75) is 57.4 Å². The Morgan fingerprint density at radius 3 is 2.48 bits per heavy atom. The zero-order chi connectivity index (χ0) is 15.2. The number of hydrogen-bond donors (Lipinski definition) is 1. The SMILES string of the molecule is Cc1ccc(S(=O)(=O)NC(C)C2CC3CCC2C3)cc1C. The van der Waals surface area contributed by atoms with E-state index in [0.29, 0.717) is 10.8 Å². The van der Waals surface area contributed by atoms with Gasteiger partial charge in [-0.1, -0.05) is 12.5 Å². The third kappa shape index (κ3) is 2.88. The van der Waals surface area contributed by atoms with Gasteiger partial charge in [-0.15, -0.1) is 0 Å². The summed E-state index contributed by atoms with van der Waals surface area (Å²) in [5, 5.41) is 0. The van der Waals surface area contributed by atoms with Gasteiger partial charge < -0.3 is 0 Å². The lowest BCUT2D eigenvalue weighted by Crippen LogP contribution is -2.40. The van der Waals surface area contributed by atoms with Crippen molar-refractivity contribution in [1.82, 2.24) is 4.72 Å². The number of rotatable bonds is 4. The zero-order valence-corrected chi connectivity index (χ0v) is 13.9. The smallest absolute Gasteiger partial charge is 0.208 e. The fourth-order valence-electron chi connectivity index (χ4n) is 4.19. The van der Waals surface area contributed by atoms with Crippen molar-refractivity contribution < 1.29 is 8.42 Å². The van der Waals surface area contributed by atoms with Crippen LogP contribution in [-0.4, -0.2) is 14.5 Å². The van der Waals surface area contributed by atoms with Crippen LogP contribution in [0.5, 0.6) is 0 Å². The molecule has 3 rings (SSSR count). The van der Waals surface area contributed by atoms with E-state index < -0.39 is 10.0 Å². The Morgan fingerprint density at radius 2 is 1.90 bits per heavy atom. The third-order valence-corrected chi connectivity index (χ3v) is 7.12. The van der Waals surface area contributed by atoms with Gasteiger partial charge in [-0.3, -0.25) is 0 Å². The molecule has 1 N–H and O–H groups in total. The lowest BCUT2D eigenvalue weighted by atomic mass is 9.84.